The number of carbonyl (C=O) groups is 2. The molecule has 0 saturated heterocycles. The normalized spacial score (nSPS) is 10.9. The van der Waals surface area contributed by atoms with Gasteiger partial charge < -0.3 is 10.1 Å². The number of aromatic nitrogens is 2. The van der Waals surface area contributed by atoms with Gasteiger partial charge in [-0.15, -0.1) is 0 Å². The van der Waals surface area contributed by atoms with Crippen molar-refractivity contribution in [3.63, 3.8) is 0 Å². The third-order valence-electron chi connectivity index (χ3n) is 5.64. The highest BCUT2D eigenvalue weighted by Crippen LogP contribution is 2.27. The summed E-state index contributed by atoms with van der Waals surface area (Å²) in [6.45, 7) is -0.00905. The van der Waals surface area contributed by atoms with Crippen molar-refractivity contribution in [3.05, 3.63) is 112 Å². The van der Waals surface area contributed by atoms with E-state index in [0.717, 1.165) is 4.68 Å². The number of rotatable bonds is 8. The van der Waals surface area contributed by atoms with Crippen molar-refractivity contribution in [1.29, 1.82) is 0 Å². The number of esters is 1. The van der Waals surface area contributed by atoms with E-state index in [-0.39, 0.29) is 17.2 Å². The molecule has 3 aromatic carbocycles. The quantitative estimate of drug-likeness (QED) is 0.411. The Balaban J connectivity index is 1.36. The summed E-state index contributed by atoms with van der Waals surface area (Å²) < 4.78 is 6.28. The Morgan fingerprint density at radius 2 is 1.44 bits per heavy atom. The molecule has 7 nitrogen and oxygen atoms in total. The first kappa shape index (κ1) is 22.9. The van der Waals surface area contributed by atoms with Crippen LogP contribution in [0.4, 0.5) is 0 Å². The zero-order chi connectivity index (χ0) is 23.9. The van der Waals surface area contributed by atoms with Crippen molar-refractivity contribution in [3.8, 4) is 0 Å². The molecule has 0 aliphatic carbocycles. The number of nitrogens with one attached hydrogen (secondary N) is 1. The summed E-state index contributed by atoms with van der Waals surface area (Å²) in [5.74, 6) is -1.03. The summed E-state index contributed by atoms with van der Waals surface area (Å²) in [5.41, 5.74) is 2.03. The maximum absolute atomic E-state index is 12.6. The number of fused-ring (bicyclic) bond motifs is 1. The largest absolute Gasteiger partial charge is 0.451 e. The first-order valence-electron chi connectivity index (χ1n) is 11.0. The van der Waals surface area contributed by atoms with E-state index in [1.807, 2.05) is 36.4 Å². The Morgan fingerprint density at radius 1 is 0.882 bits per heavy atom. The lowest BCUT2D eigenvalue weighted by molar-refractivity contribution is -0.124. The maximum Gasteiger partial charge on any atom is 0.359 e. The van der Waals surface area contributed by atoms with E-state index in [9.17, 15) is 14.4 Å². The lowest BCUT2D eigenvalue weighted by Gasteiger charge is -2.18. The molecule has 0 aliphatic rings. The van der Waals surface area contributed by atoms with Crippen LogP contribution in [0.15, 0.2) is 89.7 Å². The van der Waals surface area contributed by atoms with Gasteiger partial charge in [-0.3, -0.25) is 9.59 Å². The average Bonchev–Trinajstić information content (AvgIpc) is 2.88. The monoisotopic (exact) mass is 455 g/mol. The van der Waals surface area contributed by atoms with Crippen LogP contribution in [0.3, 0.4) is 0 Å². The first-order chi connectivity index (χ1) is 16.5. The topological polar surface area (TPSA) is 90.3 Å². The number of ether oxygens (including phenoxy) is 1. The molecule has 7 heteroatoms. The third-order valence-corrected chi connectivity index (χ3v) is 5.64. The molecule has 1 amide bonds. The van der Waals surface area contributed by atoms with Crippen molar-refractivity contribution >= 4 is 22.6 Å². The minimum Gasteiger partial charge on any atom is -0.451 e. The molecule has 0 spiro atoms. The predicted octanol–water partition coefficient (Wildman–Crippen LogP) is 3.43. The lowest BCUT2D eigenvalue weighted by atomic mass is 9.88. The van der Waals surface area contributed by atoms with Crippen LogP contribution >= 0.6 is 0 Å². The third kappa shape index (κ3) is 5.20. The number of hydrogen-bond acceptors (Lipinski definition) is 5. The fourth-order valence-electron chi connectivity index (χ4n) is 3.95. The molecule has 1 heterocycles. The van der Waals surface area contributed by atoms with Crippen LogP contribution in [0.2, 0.25) is 0 Å². The SMILES string of the molecule is Cn1nc(C(=O)OCC(=O)NCCC(c2ccccc2)c2ccccc2)c2ccccc2c1=O. The molecule has 1 aromatic heterocycles. The Kier molecular flexibility index (Phi) is 7.13. The highest BCUT2D eigenvalue weighted by molar-refractivity contribution is 6.02. The number of aryl methyl sites for hydroxylation is 1. The molecule has 4 aromatic rings. The van der Waals surface area contributed by atoms with Gasteiger partial charge in [-0.05, 0) is 23.6 Å². The summed E-state index contributed by atoms with van der Waals surface area (Å²) in [6.07, 6.45) is 0.695. The van der Waals surface area contributed by atoms with Crippen molar-refractivity contribution in [1.82, 2.24) is 15.1 Å². The molecule has 0 bridgehead atoms. The van der Waals surface area contributed by atoms with Gasteiger partial charge in [0.2, 0.25) is 0 Å². The molecule has 0 atom stereocenters. The van der Waals surface area contributed by atoms with Crippen LogP contribution < -0.4 is 10.9 Å². The summed E-state index contributed by atoms with van der Waals surface area (Å²) in [7, 11) is 1.47. The molecule has 0 fully saturated rings. The van der Waals surface area contributed by atoms with E-state index in [0.29, 0.717) is 23.7 Å². The van der Waals surface area contributed by atoms with Crippen LogP contribution in [-0.2, 0) is 16.6 Å². The minimum absolute atomic E-state index is 0.00119. The average molecular weight is 456 g/mol. The molecule has 0 aliphatic heterocycles. The van der Waals surface area contributed by atoms with Gasteiger partial charge in [0.15, 0.2) is 12.3 Å². The van der Waals surface area contributed by atoms with Gasteiger partial charge in [0.05, 0.1) is 5.39 Å². The molecule has 1 N–H and O–H groups in total. The zero-order valence-electron chi connectivity index (χ0n) is 18.8. The lowest BCUT2D eigenvalue weighted by Crippen LogP contribution is -2.31. The Morgan fingerprint density at radius 3 is 2.06 bits per heavy atom. The van der Waals surface area contributed by atoms with E-state index in [2.05, 4.69) is 34.7 Å². The Labute approximate surface area is 197 Å². The second-order valence-corrected chi connectivity index (χ2v) is 7.91. The standard InChI is InChI=1S/C27H25N3O4/c1-30-26(32)23-15-9-8-14-22(23)25(29-30)27(33)34-18-24(31)28-17-16-21(19-10-4-2-5-11-19)20-12-6-3-7-13-20/h2-15,21H,16-18H2,1H3,(H,28,31). The predicted molar refractivity (Wildman–Crippen MR) is 130 cm³/mol. The van der Waals surface area contributed by atoms with Crippen LogP contribution in [0.1, 0.15) is 34.0 Å². The van der Waals surface area contributed by atoms with E-state index in [1.165, 1.54) is 18.2 Å². The van der Waals surface area contributed by atoms with E-state index < -0.39 is 18.5 Å². The molecular weight excluding hydrogens is 430 g/mol. The van der Waals surface area contributed by atoms with Crippen molar-refractivity contribution < 1.29 is 14.3 Å². The van der Waals surface area contributed by atoms with Crippen molar-refractivity contribution in [2.24, 2.45) is 7.05 Å². The van der Waals surface area contributed by atoms with Crippen LogP contribution in [-0.4, -0.2) is 34.8 Å². The maximum atomic E-state index is 12.6. The second-order valence-electron chi connectivity index (χ2n) is 7.91. The first-order valence-corrected chi connectivity index (χ1v) is 11.0. The summed E-state index contributed by atoms with van der Waals surface area (Å²) >= 11 is 0. The number of hydrogen-bond donors (Lipinski definition) is 1. The number of amides is 1. The fourth-order valence-corrected chi connectivity index (χ4v) is 3.95. The van der Waals surface area contributed by atoms with E-state index in [1.54, 1.807) is 24.3 Å². The molecule has 34 heavy (non-hydrogen) atoms. The molecule has 0 saturated carbocycles. The van der Waals surface area contributed by atoms with E-state index >= 15 is 0 Å². The minimum atomic E-state index is -0.756. The van der Waals surface area contributed by atoms with Gasteiger partial charge in [-0.1, -0.05) is 78.9 Å². The fraction of sp³-hybridized carbons (Fsp3) is 0.185. The van der Waals surface area contributed by atoms with Gasteiger partial charge in [0, 0.05) is 24.9 Å². The Hall–Kier alpha value is -4.26. The van der Waals surface area contributed by atoms with Gasteiger partial charge in [0.1, 0.15) is 0 Å². The van der Waals surface area contributed by atoms with Crippen molar-refractivity contribution in [2.75, 3.05) is 13.2 Å². The van der Waals surface area contributed by atoms with Gasteiger partial charge >= 0.3 is 5.97 Å². The number of benzene rings is 3. The van der Waals surface area contributed by atoms with Gasteiger partial charge in [-0.25, -0.2) is 9.48 Å². The van der Waals surface area contributed by atoms with Crippen LogP contribution in [0, 0.1) is 0 Å². The number of carbonyl (C=O) groups excluding carboxylic acids is 2. The summed E-state index contributed by atoms with van der Waals surface area (Å²) in [4.78, 5) is 37.2. The van der Waals surface area contributed by atoms with Crippen LogP contribution in [0.25, 0.3) is 10.8 Å². The molecular formula is C27H25N3O4. The molecule has 4 rings (SSSR count). The summed E-state index contributed by atoms with van der Waals surface area (Å²) in [6, 6.07) is 26.9. The smallest absolute Gasteiger partial charge is 0.359 e. The number of nitrogens with zero attached hydrogens (tertiary/aromatic N) is 2. The molecule has 0 unspecified atom stereocenters. The van der Waals surface area contributed by atoms with Crippen LogP contribution in [0.5, 0.6) is 0 Å². The van der Waals surface area contributed by atoms with Gasteiger partial charge in [0.25, 0.3) is 11.5 Å². The van der Waals surface area contributed by atoms with E-state index in [4.69, 9.17) is 4.74 Å². The second kappa shape index (κ2) is 10.6. The zero-order valence-corrected chi connectivity index (χ0v) is 18.8. The van der Waals surface area contributed by atoms with Gasteiger partial charge in [-0.2, -0.15) is 5.10 Å². The molecule has 172 valence electrons. The highest BCUT2D eigenvalue weighted by Gasteiger charge is 2.19. The highest BCUT2D eigenvalue weighted by atomic mass is 16.5. The summed E-state index contributed by atoms with van der Waals surface area (Å²) in [5, 5.41) is 7.61. The molecule has 0 radical (unpaired) electrons. The van der Waals surface area contributed by atoms with Crippen molar-refractivity contribution in [2.45, 2.75) is 12.3 Å². The Bertz CT molecular complexity index is 1310.